The quantitative estimate of drug-likeness (QED) is 0.654. The Morgan fingerprint density at radius 1 is 1.14 bits per heavy atom. The summed E-state index contributed by atoms with van der Waals surface area (Å²) in [6.45, 7) is 5.01. The number of nitrogens with one attached hydrogen (secondary N) is 1. The Morgan fingerprint density at radius 2 is 1.81 bits per heavy atom. The topological polar surface area (TPSA) is 37.8 Å². The van der Waals surface area contributed by atoms with Gasteiger partial charge in [0.25, 0.3) is 0 Å². The highest BCUT2D eigenvalue weighted by Gasteiger charge is 2.14. The second-order valence-corrected chi connectivity index (χ2v) is 6.03. The fraction of sp³-hybridized carbons (Fsp3) is 0.429. The van der Waals surface area contributed by atoms with Crippen LogP contribution in [-0.2, 0) is 6.42 Å². The largest absolute Gasteiger partial charge is 0.315 e. The van der Waals surface area contributed by atoms with E-state index in [-0.39, 0.29) is 5.56 Å². The van der Waals surface area contributed by atoms with Crippen LogP contribution in [-0.4, -0.2) is 22.8 Å². The third-order valence-corrected chi connectivity index (χ3v) is 3.85. The van der Waals surface area contributed by atoms with Gasteiger partial charge in [-0.2, -0.15) is 0 Å². The summed E-state index contributed by atoms with van der Waals surface area (Å²) < 4.78 is 39.3. The molecule has 3 nitrogen and oxygen atoms in total. The number of hydrogen-bond acceptors (Lipinski definition) is 4. The summed E-state index contributed by atoms with van der Waals surface area (Å²) in [4.78, 5) is 0. The van der Waals surface area contributed by atoms with Gasteiger partial charge in [0.2, 0.25) is 0 Å². The van der Waals surface area contributed by atoms with Crippen LogP contribution < -0.4 is 5.32 Å². The summed E-state index contributed by atoms with van der Waals surface area (Å²) in [5.41, 5.74) is 0.204. The molecule has 1 heterocycles. The van der Waals surface area contributed by atoms with Crippen LogP contribution in [0.2, 0.25) is 0 Å². The molecule has 0 atom stereocenters. The Bertz CT molecular complexity index is 590. The molecule has 0 unspecified atom stereocenters. The lowest BCUT2D eigenvalue weighted by atomic mass is 10.2. The smallest absolute Gasteiger partial charge is 0.194 e. The van der Waals surface area contributed by atoms with Crippen molar-refractivity contribution < 1.29 is 13.2 Å². The summed E-state index contributed by atoms with van der Waals surface area (Å²) in [7, 11) is 0. The van der Waals surface area contributed by atoms with Crippen molar-refractivity contribution in [1.82, 2.24) is 15.5 Å². The van der Waals surface area contributed by atoms with Gasteiger partial charge in [0.15, 0.2) is 17.5 Å². The van der Waals surface area contributed by atoms with E-state index in [9.17, 15) is 13.2 Å². The summed E-state index contributed by atoms with van der Waals surface area (Å²) in [6, 6.07) is 2.30. The average Bonchev–Trinajstić information content (AvgIpc) is 2.89. The Labute approximate surface area is 125 Å². The summed E-state index contributed by atoms with van der Waals surface area (Å²) >= 11 is 1.26. The molecule has 0 amide bonds. The minimum absolute atomic E-state index is 0.204. The molecule has 7 heteroatoms. The molecule has 0 aliphatic heterocycles. The minimum atomic E-state index is -1.47. The van der Waals surface area contributed by atoms with Crippen molar-refractivity contribution >= 4 is 11.3 Å². The molecule has 0 aliphatic rings. The van der Waals surface area contributed by atoms with Gasteiger partial charge in [0, 0.05) is 18.0 Å². The lowest BCUT2D eigenvalue weighted by molar-refractivity contribution is 0.447. The predicted molar refractivity (Wildman–Crippen MR) is 76.7 cm³/mol. The number of benzene rings is 1. The van der Waals surface area contributed by atoms with E-state index < -0.39 is 17.5 Å². The zero-order chi connectivity index (χ0) is 15.4. The van der Waals surface area contributed by atoms with Gasteiger partial charge < -0.3 is 5.32 Å². The summed E-state index contributed by atoms with van der Waals surface area (Å²) in [6.07, 6.45) is 1.64. The van der Waals surface area contributed by atoms with Crippen molar-refractivity contribution in [2.45, 2.75) is 32.7 Å². The maximum Gasteiger partial charge on any atom is 0.194 e. The van der Waals surface area contributed by atoms with E-state index in [1.165, 1.54) is 11.3 Å². The van der Waals surface area contributed by atoms with Crippen LogP contribution in [0.4, 0.5) is 13.2 Å². The van der Waals surface area contributed by atoms with Gasteiger partial charge in [0.1, 0.15) is 10.0 Å². The fourth-order valence-electron chi connectivity index (χ4n) is 1.78. The number of aromatic nitrogens is 2. The standard InChI is InChI=1S/C14H16F3N3S/c1-8(2)18-5-3-4-12-19-20-14(21-12)9-6-10(15)13(17)11(16)7-9/h6-8,18H,3-5H2,1-2H3. The Hall–Kier alpha value is -1.47. The van der Waals surface area contributed by atoms with Crippen LogP contribution in [0.25, 0.3) is 10.6 Å². The molecular formula is C14H16F3N3S. The van der Waals surface area contributed by atoms with Gasteiger partial charge in [-0.05, 0) is 25.1 Å². The lowest BCUT2D eigenvalue weighted by Crippen LogP contribution is -2.23. The number of rotatable bonds is 6. The van der Waals surface area contributed by atoms with Gasteiger partial charge in [-0.1, -0.05) is 25.2 Å². The van der Waals surface area contributed by atoms with E-state index in [0.717, 1.165) is 36.5 Å². The lowest BCUT2D eigenvalue weighted by Gasteiger charge is -2.05. The monoisotopic (exact) mass is 315 g/mol. The van der Waals surface area contributed by atoms with Crippen LogP contribution in [0.1, 0.15) is 25.3 Å². The molecule has 1 aromatic heterocycles. The first-order valence-corrected chi connectivity index (χ1v) is 7.49. The molecule has 0 radical (unpaired) electrons. The van der Waals surface area contributed by atoms with Crippen molar-refractivity contribution in [2.24, 2.45) is 0 Å². The van der Waals surface area contributed by atoms with E-state index in [4.69, 9.17) is 0 Å². The van der Waals surface area contributed by atoms with Gasteiger partial charge >= 0.3 is 0 Å². The molecule has 2 aromatic rings. The second-order valence-electron chi connectivity index (χ2n) is 4.97. The van der Waals surface area contributed by atoms with E-state index in [1.807, 2.05) is 0 Å². The second kappa shape index (κ2) is 7.00. The van der Waals surface area contributed by atoms with Crippen LogP contribution in [0.3, 0.4) is 0 Å². The van der Waals surface area contributed by atoms with Crippen molar-refractivity contribution in [3.8, 4) is 10.6 Å². The van der Waals surface area contributed by atoms with Crippen molar-refractivity contribution in [3.63, 3.8) is 0 Å². The van der Waals surface area contributed by atoms with E-state index in [2.05, 4.69) is 29.4 Å². The highest BCUT2D eigenvalue weighted by atomic mass is 32.1. The number of hydrogen-bond donors (Lipinski definition) is 1. The molecule has 0 aliphatic carbocycles. The minimum Gasteiger partial charge on any atom is -0.315 e. The Morgan fingerprint density at radius 3 is 2.43 bits per heavy atom. The van der Waals surface area contributed by atoms with Crippen LogP contribution >= 0.6 is 11.3 Å². The molecule has 0 bridgehead atoms. The first-order valence-electron chi connectivity index (χ1n) is 6.68. The van der Waals surface area contributed by atoms with Gasteiger partial charge in [-0.25, -0.2) is 13.2 Å². The molecule has 21 heavy (non-hydrogen) atoms. The molecule has 1 N–H and O–H groups in total. The van der Waals surface area contributed by atoms with E-state index in [0.29, 0.717) is 11.0 Å². The molecule has 2 rings (SSSR count). The Kier molecular flexibility index (Phi) is 5.30. The Balaban J connectivity index is 2.03. The molecule has 0 saturated heterocycles. The normalized spacial score (nSPS) is 11.3. The maximum absolute atomic E-state index is 13.2. The third-order valence-electron chi connectivity index (χ3n) is 2.82. The molecule has 0 fully saturated rings. The van der Waals surface area contributed by atoms with Crippen molar-refractivity contribution in [3.05, 3.63) is 34.6 Å². The number of nitrogens with zero attached hydrogens (tertiary/aromatic N) is 2. The zero-order valence-electron chi connectivity index (χ0n) is 11.8. The number of aryl methyl sites for hydroxylation is 1. The first-order chi connectivity index (χ1) is 9.97. The van der Waals surface area contributed by atoms with Gasteiger partial charge in [-0.15, -0.1) is 10.2 Å². The average molecular weight is 315 g/mol. The predicted octanol–water partition coefficient (Wildman–Crippen LogP) is 3.55. The molecule has 114 valence electrons. The van der Waals surface area contributed by atoms with E-state index in [1.54, 1.807) is 0 Å². The number of halogens is 3. The first kappa shape index (κ1) is 15.9. The van der Waals surface area contributed by atoms with Crippen LogP contribution in [0, 0.1) is 17.5 Å². The molecule has 0 saturated carbocycles. The van der Waals surface area contributed by atoms with Gasteiger partial charge in [-0.3, -0.25) is 0 Å². The van der Waals surface area contributed by atoms with Crippen LogP contribution in [0.15, 0.2) is 12.1 Å². The third kappa shape index (κ3) is 4.25. The molecule has 0 spiro atoms. The zero-order valence-corrected chi connectivity index (χ0v) is 12.6. The molecule has 1 aromatic carbocycles. The molecular weight excluding hydrogens is 299 g/mol. The van der Waals surface area contributed by atoms with E-state index >= 15 is 0 Å². The summed E-state index contributed by atoms with van der Waals surface area (Å²) in [5.74, 6) is -3.91. The van der Waals surface area contributed by atoms with Crippen molar-refractivity contribution in [1.29, 1.82) is 0 Å². The SMILES string of the molecule is CC(C)NCCCc1nnc(-c2cc(F)c(F)c(F)c2)s1. The van der Waals surface area contributed by atoms with Gasteiger partial charge in [0.05, 0.1) is 0 Å². The summed E-state index contributed by atoms with van der Waals surface area (Å²) in [5, 5.41) is 12.4. The highest BCUT2D eigenvalue weighted by molar-refractivity contribution is 7.14. The van der Waals surface area contributed by atoms with Crippen molar-refractivity contribution in [2.75, 3.05) is 6.54 Å². The maximum atomic E-state index is 13.2. The highest BCUT2D eigenvalue weighted by Crippen LogP contribution is 2.26. The van der Waals surface area contributed by atoms with Crippen LogP contribution in [0.5, 0.6) is 0 Å². The fourth-order valence-corrected chi connectivity index (χ4v) is 2.65.